The van der Waals surface area contributed by atoms with Gasteiger partial charge in [-0.05, 0) is 27.2 Å². The lowest BCUT2D eigenvalue weighted by molar-refractivity contribution is -0.142. The molecule has 0 aromatic heterocycles. The maximum atomic E-state index is 12.1. The van der Waals surface area contributed by atoms with Crippen molar-refractivity contribution in [2.45, 2.75) is 80.3 Å². The third-order valence-electron chi connectivity index (χ3n) is 3.89. The zero-order chi connectivity index (χ0) is 27.2. The van der Waals surface area contributed by atoms with Crippen molar-refractivity contribution in [3.05, 3.63) is 0 Å². The van der Waals surface area contributed by atoms with Crippen LogP contribution in [0.25, 0.3) is 0 Å². The Morgan fingerprint density at radius 3 is 1.88 bits per heavy atom. The minimum atomic E-state index is -0.507. The molecule has 0 unspecified atom stereocenters. The Morgan fingerprint density at radius 1 is 1.03 bits per heavy atom. The van der Waals surface area contributed by atoms with Crippen LogP contribution in [0.3, 0.4) is 0 Å². The molecular weight excluding hydrogens is 442 g/mol. The Labute approximate surface area is 206 Å². The van der Waals surface area contributed by atoms with Gasteiger partial charge in [0.1, 0.15) is 12.1 Å². The number of methoxy groups -OCH3 is 1. The molecule has 0 radical (unpaired) electrons. The number of ether oxygens (including phenoxy) is 3. The highest BCUT2D eigenvalue weighted by atomic mass is 16.6. The van der Waals surface area contributed by atoms with E-state index in [4.69, 9.17) is 9.47 Å². The van der Waals surface area contributed by atoms with Crippen molar-refractivity contribution in [1.29, 1.82) is 0 Å². The molecular formula is C24H49N3O7. The molecule has 0 saturated carbocycles. The predicted octanol–water partition coefficient (Wildman–Crippen LogP) is 3.13. The summed E-state index contributed by atoms with van der Waals surface area (Å²) in [7, 11) is 2.79. The number of nitrogens with one attached hydrogen (secondary N) is 2. The number of nitrogens with zero attached hydrogens (tertiary/aromatic N) is 1. The minimum Gasteiger partial charge on any atom is -0.468 e. The summed E-state index contributed by atoms with van der Waals surface area (Å²) in [6.45, 7) is 17.6. The zero-order valence-electron chi connectivity index (χ0n) is 23.0. The smallest absolute Gasteiger partial charge is 0.407 e. The first-order valence-corrected chi connectivity index (χ1v) is 12.1. The van der Waals surface area contributed by atoms with Crippen LogP contribution in [0.1, 0.15) is 74.7 Å². The molecule has 10 nitrogen and oxygen atoms in total. The molecule has 1 saturated heterocycles. The van der Waals surface area contributed by atoms with Gasteiger partial charge >= 0.3 is 12.1 Å². The largest absolute Gasteiger partial charge is 0.468 e. The van der Waals surface area contributed by atoms with Gasteiger partial charge in [0, 0.05) is 32.5 Å². The Bertz CT molecular complexity index is 557. The highest BCUT2D eigenvalue weighted by Crippen LogP contribution is 2.12. The first-order chi connectivity index (χ1) is 15.9. The lowest BCUT2D eigenvalue weighted by atomic mass is 10.0. The second kappa shape index (κ2) is 22.4. The standard InChI is InChI=1S/C13H22N2O5.C6H13NO2.C3H8.C2H6/c1-3-10(13(18)14-9-12(17)19-2)8-11(16)15-4-6-20-7-5-15;1-6(2,3)9-5(8)7-4;1-3-2;1-2/h10H,3-9H2,1-2H3,(H,14,18);1-4H3,(H,7,8);3H2,1-2H3;1-2H3/t10-;;;/m1.../s1. The van der Waals surface area contributed by atoms with Crippen LogP contribution in [-0.4, -0.2) is 81.4 Å². The van der Waals surface area contributed by atoms with Gasteiger partial charge in [-0.1, -0.05) is 41.0 Å². The summed E-state index contributed by atoms with van der Waals surface area (Å²) in [5, 5.41) is 4.84. The number of carbonyl (C=O) groups excluding carboxylic acids is 4. The summed E-state index contributed by atoms with van der Waals surface area (Å²) in [5.74, 6) is -1.27. The van der Waals surface area contributed by atoms with E-state index in [9.17, 15) is 19.2 Å². The van der Waals surface area contributed by atoms with Gasteiger partial charge in [-0.25, -0.2) is 4.79 Å². The van der Waals surface area contributed by atoms with Crippen LogP contribution in [0.4, 0.5) is 4.79 Å². The molecule has 1 aliphatic heterocycles. The van der Waals surface area contributed by atoms with E-state index in [2.05, 4.69) is 29.2 Å². The van der Waals surface area contributed by atoms with Crippen molar-refractivity contribution in [3.63, 3.8) is 0 Å². The SMILES string of the molecule is CC.CCC.CC[C@H](CC(=O)N1CCOCC1)C(=O)NCC(=O)OC.CNC(=O)OC(C)(C)C. The van der Waals surface area contributed by atoms with Gasteiger partial charge in [-0.2, -0.15) is 0 Å². The Hall–Kier alpha value is -2.36. The maximum Gasteiger partial charge on any atom is 0.407 e. The highest BCUT2D eigenvalue weighted by Gasteiger charge is 2.24. The average molecular weight is 492 g/mol. The van der Waals surface area contributed by atoms with E-state index in [0.29, 0.717) is 32.7 Å². The van der Waals surface area contributed by atoms with Crippen LogP contribution < -0.4 is 10.6 Å². The summed E-state index contributed by atoms with van der Waals surface area (Å²) >= 11 is 0. The molecule has 1 fully saturated rings. The van der Waals surface area contributed by atoms with E-state index in [1.54, 1.807) is 4.90 Å². The number of rotatable bonds is 6. The number of morpholine rings is 1. The fourth-order valence-corrected chi connectivity index (χ4v) is 2.28. The van der Waals surface area contributed by atoms with Gasteiger partial charge in [-0.3, -0.25) is 14.4 Å². The van der Waals surface area contributed by atoms with Crippen molar-refractivity contribution in [3.8, 4) is 0 Å². The van der Waals surface area contributed by atoms with Gasteiger partial charge in [0.2, 0.25) is 11.8 Å². The fourth-order valence-electron chi connectivity index (χ4n) is 2.28. The number of carbonyl (C=O) groups is 4. The van der Waals surface area contributed by atoms with Gasteiger partial charge in [0.05, 0.1) is 20.3 Å². The molecule has 0 aliphatic carbocycles. The second-order valence-corrected chi connectivity index (χ2v) is 8.06. The number of esters is 1. The number of hydrogen-bond acceptors (Lipinski definition) is 7. The summed E-state index contributed by atoms with van der Waals surface area (Å²) in [6.07, 6.45) is 1.56. The van der Waals surface area contributed by atoms with Crippen LogP contribution >= 0.6 is 0 Å². The monoisotopic (exact) mass is 491 g/mol. The predicted molar refractivity (Wildman–Crippen MR) is 133 cm³/mol. The molecule has 1 rings (SSSR count). The third-order valence-corrected chi connectivity index (χ3v) is 3.89. The average Bonchev–Trinajstić information content (AvgIpc) is 2.82. The molecule has 0 bridgehead atoms. The van der Waals surface area contributed by atoms with Crippen LogP contribution in [0, 0.1) is 5.92 Å². The second-order valence-electron chi connectivity index (χ2n) is 8.06. The Morgan fingerprint density at radius 2 is 1.53 bits per heavy atom. The highest BCUT2D eigenvalue weighted by molar-refractivity contribution is 5.87. The first-order valence-electron chi connectivity index (χ1n) is 12.1. The van der Waals surface area contributed by atoms with Crippen LogP contribution in [0.15, 0.2) is 0 Å². The quantitative estimate of drug-likeness (QED) is 0.547. The molecule has 1 heterocycles. The van der Waals surface area contributed by atoms with E-state index in [-0.39, 0.29) is 36.5 Å². The zero-order valence-corrected chi connectivity index (χ0v) is 23.0. The number of alkyl carbamates (subject to hydrolysis) is 1. The van der Waals surface area contributed by atoms with Gasteiger partial charge < -0.3 is 29.7 Å². The van der Waals surface area contributed by atoms with E-state index in [0.717, 1.165) is 0 Å². The van der Waals surface area contributed by atoms with E-state index < -0.39 is 11.9 Å². The van der Waals surface area contributed by atoms with Crippen LogP contribution in [0.2, 0.25) is 0 Å². The first kappa shape index (κ1) is 36.2. The summed E-state index contributed by atoms with van der Waals surface area (Å²) in [4.78, 5) is 47.1. The van der Waals surface area contributed by atoms with Crippen molar-refractivity contribution in [2.24, 2.45) is 5.92 Å². The van der Waals surface area contributed by atoms with Gasteiger partial charge in [0.25, 0.3) is 0 Å². The van der Waals surface area contributed by atoms with Crippen molar-refractivity contribution < 1.29 is 33.4 Å². The van der Waals surface area contributed by atoms with Gasteiger partial charge in [0.15, 0.2) is 0 Å². The maximum absolute atomic E-state index is 12.1. The van der Waals surface area contributed by atoms with Crippen molar-refractivity contribution >= 4 is 23.9 Å². The topological polar surface area (TPSA) is 123 Å². The van der Waals surface area contributed by atoms with E-state index >= 15 is 0 Å². The molecule has 0 spiro atoms. The molecule has 34 heavy (non-hydrogen) atoms. The Balaban J connectivity index is -0.000000572. The molecule has 0 aromatic rings. The third kappa shape index (κ3) is 21.5. The minimum absolute atomic E-state index is 0.0478. The summed E-state index contributed by atoms with van der Waals surface area (Å²) in [5.41, 5.74) is -0.389. The van der Waals surface area contributed by atoms with Gasteiger partial charge in [-0.15, -0.1) is 0 Å². The number of amides is 3. The molecule has 2 N–H and O–H groups in total. The molecule has 3 amide bonds. The molecule has 1 aliphatic rings. The van der Waals surface area contributed by atoms with Crippen molar-refractivity contribution in [1.82, 2.24) is 15.5 Å². The summed E-state index contributed by atoms with van der Waals surface area (Å²) in [6, 6.07) is 0. The van der Waals surface area contributed by atoms with E-state index in [1.165, 1.54) is 20.6 Å². The molecule has 10 heteroatoms. The lowest BCUT2D eigenvalue weighted by Crippen LogP contribution is -2.43. The molecule has 0 aromatic carbocycles. The van der Waals surface area contributed by atoms with Crippen LogP contribution in [0.5, 0.6) is 0 Å². The van der Waals surface area contributed by atoms with E-state index in [1.807, 2.05) is 41.5 Å². The Kier molecular flexibility index (Phi) is 23.9. The van der Waals surface area contributed by atoms with Crippen LogP contribution in [-0.2, 0) is 28.6 Å². The lowest BCUT2D eigenvalue weighted by Gasteiger charge is -2.28. The van der Waals surface area contributed by atoms with Crippen molar-refractivity contribution in [2.75, 3.05) is 47.0 Å². The molecule has 1 atom stereocenters. The summed E-state index contributed by atoms with van der Waals surface area (Å²) < 4.78 is 14.5. The number of hydrogen-bond donors (Lipinski definition) is 2. The molecule has 202 valence electrons. The fraction of sp³-hybridized carbons (Fsp3) is 0.833. The normalized spacial score (nSPS) is 13.2.